The van der Waals surface area contributed by atoms with E-state index in [1.807, 2.05) is 0 Å². The number of benzene rings is 1. The van der Waals surface area contributed by atoms with Crippen molar-refractivity contribution in [3.05, 3.63) is 39.9 Å². The number of amides is 1. The van der Waals surface area contributed by atoms with Gasteiger partial charge in [0.15, 0.2) is 6.34 Å². The fraction of sp³-hybridized carbons (Fsp3) is 0.273. The van der Waals surface area contributed by atoms with E-state index in [-0.39, 0.29) is 12.3 Å². The van der Waals surface area contributed by atoms with Crippen LogP contribution in [-0.4, -0.2) is 35.3 Å². The highest BCUT2D eigenvalue weighted by molar-refractivity contribution is 5.83. The summed E-state index contributed by atoms with van der Waals surface area (Å²) in [6.45, 7) is 1.07. The lowest BCUT2D eigenvalue weighted by molar-refractivity contribution is -0.384. The maximum absolute atomic E-state index is 11.5. The zero-order valence-electron chi connectivity index (χ0n) is 9.41. The second-order valence-corrected chi connectivity index (χ2v) is 3.61. The highest BCUT2D eigenvalue weighted by Gasteiger charge is 2.16. The van der Waals surface area contributed by atoms with Crippen LogP contribution in [0.1, 0.15) is 5.56 Å². The van der Waals surface area contributed by atoms with Crippen molar-refractivity contribution >= 4 is 18.1 Å². The van der Waals surface area contributed by atoms with E-state index in [0.717, 1.165) is 0 Å². The number of aliphatic imine (C=N–C) groups is 1. The molecule has 1 aromatic carbocycles. The minimum atomic E-state index is -0.519. The average molecular weight is 248 g/mol. The second-order valence-electron chi connectivity index (χ2n) is 3.61. The van der Waals surface area contributed by atoms with E-state index >= 15 is 0 Å². The van der Waals surface area contributed by atoms with Crippen LogP contribution in [0.25, 0.3) is 0 Å². The Balaban J connectivity index is 1.88. The van der Waals surface area contributed by atoms with Crippen molar-refractivity contribution in [1.82, 2.24) is 4.90 Å². The van der Waals surface area contributed by atoms with E-state index in [2.05, 4.69) is 11.3 Å². The third-order valence-corrected chi connectivity index (χ3v) is 2.36. The van der Waals surface area contributed by atoms with Gasteiger partial charge in [0.2, 0.25) is 0 Å². The Hall–Kier alpha value is -2.44. The Morgan fingerprint density at radius 2 is 2.22 bits per heavy atom. The molecule has 0 unspecified atom stereocenters. The lowest BCUT2D eigenvalue weighted by Gasteiger charge is -2.11. The molecule has 1 aliphatic heterocycles. The fourth-order valence-electron chi connectivity index (χ4n) is 1.40. The van der Waals surface area contributed by atoms with E-state index in [4.69, 9.17) is 4.74 Å². The number of hydrogen-bond donors (Lipinski definition) is 0. The summed E-state index contributed by atoms with van der Waals surface area (Å²) in [5.41, 5.74) is 0.690. The summed E-state index contributed by atoms with van der Waals surface area (Å²) in [5.74, 6) is 0. The highest BCUT2D eigenvalue weighted by Crippen LogP contribution is 2.13. The molecule has 1 heterocycles. The molecule has 0 fully saturated rings. The number of non-ortho nitro benzene ring substituents is 1. The van der Waals surface area contributed by atoms with Gasteiger partial charge in [0.25, 0.3) is 5.69 Å². The Bertz CT molecular complexity index is 484. The van der Waals surface area contributed by atoms with Gasteiger partial charge in [-0.15, -0.1) is 0 Å². The van der Waals surface area contributed by atoms with Gasteiger partial charge in [-0.1, -0.05) is 0 Å². The number of rotatable bonds is 3. The van der Waals surface area contributed by atoms with Crippen LogP contribution in [0.2, 0.25) is 0 Å². The summed E-state index contributed by atoms with van der Waals surface area (Å²) in [6.07, 6.45) is 1.99. The number of nitro groups is 1. The van der Waals surface area contributed by atoms with Crippen molar-refractivity contribution < 1.29 is 14.5 Å². The van der Waals surface area contributed by atoms with Gasteiger partial charge in [0.1, 0.15) is 6.61 Å². The number of carbonyl (C=O) groups excluding carboxylic acids is 1. The lowest BCUT2D eigenvalue weighted by Crippen LogP contribution is -2.28. The van der Waals surface area contributed by atoms with Crippen LogP contribution < -0.4 is 0 Å². The van der Waals surface area contributed by atoms with Gasteiger partial charge in [-0.05, 0) is 17.7 Å². The van der Waals surface area contributed by atoms with Gasteiger partial charge in [-0.2, -0.15) is 0 Å². The molecule has 0 atom stereocenters. The van der Waals surface area contributed by atoms with E-state index in [1.54, 1.807) is 12.1 Å². The van der Waals surface area contributed by atoms with Crippen molar-refractivity contribution in [1.29, 1.82) is 0 Å². The first kappa shape index (κ1) is 12.0. The molecule has 93 valence electrons. The molecule has 7 nitrogen and oxygen atoms in total. The molecule has 2 rings (SSSR count). The molecule has 18 heavy (non-hydrogen) atoms. The Kier molecular flexibility index (Phi) is 3.52. The molecular weight excluding hydrogens is 238 g/mol. The fourth-order valence-corrected chi connectivity index (χ4v) is 1.40. The third-order valence-electron chi connectivity index (χ3n) is 2.36. The van der Waals surface area contributed by atoms with Crippen LogP contribution in [0.5, 0.6) is 0 Å². The quantitative estimate of drug-likeness (QED) is 0.598. The van der Waals surface area contributed by atoms with Crippen molar-refractivity contribution in [3.63, 3.8) is 0 Å². The smallest absolute Gasteiger partial charge is 0.415 e. The first-order chi connectivity index (χ1) is 8.66. The standard InChI is InChI=1S/C11H10N3O4/c15-11(13-6-5-12-8-13)18-7-9-1-3-10(4-2-9)14(16)17/h1-4H,5-7H2. The van der Waals surface area contributed by atoms with Gasteiger partial charge in [-0.3, -0.25) is 20.0 Å². The van der Waals surface area contributed by atoms with E-state index in [0.29, 0.717) is 18.7 Å². The molecule has 7 heteroatoms. The number of hydrogen-bond acceptors (Lipinski definition) is 5. The molecule has 1 aromatic rings. The van der Waals surface area contributed by atoms with Gasteiger partial charge >= 0.3 is 6.09 Å². The number of nitro benzene ring substituents is 1. The molecule has 1 amide bonds. The van der Waals surface area contributed by atoms with Crippen molar-refractivity contribution in [2.24, 2.45) is 4.99 Å². The summed E-state index contributed by atoms with van der Waals surface area (Å²) in [5, 5.41) is 10.4. The maximum Gasteiger partial charge on any atom is 0.415 e. The molecule has 0 bridgehead atoms. The third kappa shape index (κ3) is 2.82. The lowest BCUT2D eigenvalue weighted by atomic mass is 10.2. The first-order valence-corrected chi connectivity index (χ1v) is 5.26. The Labute approximate surface area is 103 Å². The molecule has 0 N–H and O–H groups in total. The molecular formula is C11H10N3O4. The summed E-state index contributed by atoms with van der Waals surface area (Å²) in [6, 6.07) is 5.83. The summed E-state index contributed by atoms with van der Waals surface area (Å²) in [4.78, 5) is 26.5. The van der Waals surface area contributed by atoms with Crippen molar-refractivity contribution in [2.45, 2.75) is 6.61 Å². The maximum atomic E-state index is 11.5. The summed E-state index contributed by atoms with van der Waals surface area (Å²) >= 11 is 0. The van der Waals surface area contributed by atoms with E-state index in [9.17, 15) is 14.9 Å². The van der Waals surface area contributed by atoms with Gasteiger partial charge in [0.05, 0.1) is 18.0 Å². The predicted octanol–water partition coefficient (Wildman–Crippen LogP) is 1.45. The molecule has 0 aliphatic carbocycles. The molecule has 0 aromatic heterocycles. The molecule has 1 radical (unpaired) electrons. The normalized spacial score (nSPS) is 13.7. The SMILES string of the molecule is O=C(OCc1ccc([N+](=O)[O-])cc1)N1[C]=NCC1. The largest absolute Gasteiger partial charge is 0.444 e. The van der Waals surface area contributed by atoms with Crippen LogP contribution >= 0.6 is 0 Å². The van der Waals surface area contributed by atoms with E-state index < -0.39 is 11.0 Å². The van der Waals surface area contributed by atoms with Crippen molar-refractivity contribution in [2.75, 3.05) is 13.1 Å². The van der Waals surface area contributed by atoms with E-state index in [1.165, 1.54) is 17.0 Å². The predicted molar refractivity (Wildman–Crippen MR) is 62.3 cm³/mol. The Morgan fingerprint density at radius 1 is 1.50 bits per heavy atom. The average Bonchev–Trinajstić information content (AvgIpc) is 2.90. The number of ether oxygens (including phenoxy) is 1. The molecule has 0 spiro atoms. The van der Waals surface area contributed by atoms with Crippen LogP contribution in [0, 0.1) is 10.1 Å². The number of carbonyl (C=O) groups is 1. The Morgan fingerprint density at radius 3 is 2.78 bits per heavy atom. The van der Waals surface area contributed by atoms with Crippen LogP contribution in [0.3, 0.4) is 0 Å². The monoisotopic (exact) mass is 248 g/mol. The molecule has 0 saturated carbocycles. The van der Waals surface area contributed by atoms with Crippen LogP contribution in [0.4, 0.5) is 10.5 Å². The van der Waals surface area contributed by atoms with Gasteiger partial charge in [0, 0.05) is 12.1 Å². The highest BCUT2D eigenvalue weighted by atomic mass is 16.6. The second kappa shape index (κ2) is 5.26. The summed E-state index contributed by atoms with van der Waals surface area (Å²) in [7, 11) is 0. The molecule has 0 saturated heterocycles. The van der Waals surface area contributed by atoms with Gasteiger partial charge < -0.3 is 4.74 Å². The summed E-state index contributed by atoms with van der Waals surface area (Å²) < 4.78 is 5.01. The minimum Gasteiger partial charge on any atom is -0.444 e. The minimum absolute atomic E-state index is 0.00471. The number of nitrogens with zero attached hydrogens (tertiary/aromatic N) is 3. The first-order valence-electron chi connectivity index (χ1n) is 5.26. The zero-order chi connectivity index (χ0) is 13.0. The molecule has 1 aliphatic rings. The van der Waals surface area contributed by atoms with Gasteiger partial charge in [-0.25, -0.2) is 4.79 Å². The topological polar surface area (TPSA) is 85.0 Å². The van der Waals surface area contributed by atoms with Crippen LogP contribution in [0.15, 0.2) is 29.3 Å². The zero-order valence-corrected chi connectivity index (χ0v) is 9.41. The van der Waals surface area contributed by atoms with Crippen molar-refractivity contribution in [3.8, 4) is 0 Å². The van der Waals surface area contributed by atoms with Crippen LogP contribution in [-0.2, 0) is 11.3 Å².